The molecule has 1 nitrogen and oxygen atoms in total. The van der Waals surface area contributed by atoms with Crippen molar-refractivity contribution in [2.75, 3.05) is 6.54 Å². The van der Waals surface area contributed by atoms with E-state index in [0.717, 1.165) is 24.9 Å². The lowest BCUT2D eigenvalue weighted by molar-refractivity contribution is -0.137. The van der Waals surface area contributed by atoms with Gasteiger partial charge in [0, 0.05) is 11.4 Å². The van der Waals surface area contributed by atoms with Crippen molar-refractivity contribution in [3.8, 4) is 0 Å². The second-order valence-electron chi connectivity index (χ2n) is 4.25. The summed E-state index contributed by atoms with van der Waals surface area (Å²) in [7, 11) is 0. The molecule has 0 saturated carbocycles. The summed E-state index contributed by atoms with van der Waals surface area (Å²) >= 11 is 1.31. The molecule has 1 aromatic carbocycles. The molecule has 0 saturated heterocycles. The van der Waals surface area contributed by atoms with E-state index in [2.05, 4.69) is 11.6 Å². The first-order chi connectivity index (χ1) is 8.00. The SMILES string of the molecule is CC[C@@H]1CNSc2cc(C(F)(F)F)ccc2C1. The molecule has 2 rings (SSSR count). The Morgan fingerprint density at radius 1 is 1.41 bits per heavy atom. The van der Waals surface area contributed by atoms with Crippen molar-refractivity contribution in [3.05, 3.63) is 29.3 Å². The third-order valence-corrected chi connectivity index (χ3v) is 3.95. The lowest BCUT2D eigenvalue weighted by Gasteiger charge is -2.12. The quantitative estimate of drug-likeness (QED) is 0.770. The first kappa shape index (κ1) is 12.8. The minimum absolute atomic E-state index is 0.500. The van der Waals surface area contributed by atoms with Crippen LogP contribution in [0.1, 0.15) is 24.5 Å². The van der Waals surface area contributed by atoms with Crippen LogP contribution in [-0.4, -0.2) is 6.54 Å². The monoisotopic (exact) mass is 261 g/mol. The van der Waals surface area contributed by atoms with E-state index in [4.69, 9.17) is 0 Å². The minimum atomic E-state index is -4.26. The summed E-state index contributed by atoms with van der Waals surface area (Å²) in [5.74, 6) is 0.500. The van der Waals surface area contributed by atoms with Gasteiger partial charge < -0.3 is 0 Å². The van der Waals surface area contributed by atoms with E-state index in [1.165, 1.54) is 24.1 Å². The van der Waals surface area contributed by atoms with Crippen LogP contribution in [0.2, 0.25) is 0 Å². The maximum atomic E-state index is 12.6. The molecule has 0 aliphatic carbocycles. The van der Waals surface area contributed by atoms with E-state index in [1.807, 2.05) is 0 Å². The van der Waals surface area contributed by atoms with Crippen LogP contribution < -0.4 is 4.72 Å². The molecular weight excluding hydrogens is 247 g/mol. The number of hydrogen-bond acceptors (Lipinski definition) is 2. The highest BCUT2D eigenvalue weighted by Gasteiger charge is 2.31. The number of nitrogens with one attached hydrogen (secondary N) is 1. The molecule has 0 radical (unpaired) electrons. The molecular formula is C12H14F3NS. The average Bonchev–Trinajstić information content (AvgIpc) is 2.48. The molecule has 1 heterocycles. The first-order valence-corrected chi connectivity index (χ1v) is 6.42. The van der Waals surface area contributed by atoms with Crippen LogP contribution in [0.5, 0.6) is 0 Å². The Morgan fingerprint density at radius 3 is 2.82 bits per heavy atom. The second-order valence-corrected chi connectivity index (χ2v) is 5.18. The van der Waals surface area contributed by atoms with Crippen molar-refractivity contribution in [2.24, 2.45) is 5.92 Å². The van der Waals surface area contributed by atoms with Crippen molar-refractivity contribution >= 4 is 11.9 Å². The van der Waals surface area contributed by atoms with Gasteiger partial charge in [-0.1, -0.05) is 19.4 Å². The van der Waals surface area contributed by atoms with Crippen molar-refractivity contribution in [1.82, 2.24) is 4.72 Å². The van der Waals surface area contributed by atoms with Gasteiger partial charge in [0.05, 0.1) is 5.56 Å². The zero-order chi connectivity index (χ0) is 12.5. The normalized spacial score (nSPS) is 20.8. The Morgan fingerprint density at radius 2 is 2.18 bits per heavy atom. The second kappa shape index (κ2) is 4.90. The van der Waals surface area contributed by atoms with E-state index >= 15 is 0 Å². The van der Waals surface area contributed by atoms with Crippen LogP contribution >= 0.6 is 11.9 Å². The lowest BCUT2D eigenvalue weighted by atomic mass is 9.96. The minimum Gasteiger partial charge on any atom is -0.260 e. The van der Waals surface area contributed by atoms with Gasteiger partial charge in [0.15, 0.2) is 0 Å². The molecule has 1 aliphatic rings. The summed E-state index contributed by atoms with van der Waals surface area (Å²) < 4.78 is 40.9. The van der Waals surface area contributed by atoms with Gasteiger partial charge in [0.1, 0.15) is 0 Å². The van der Waals surface area contributed by atoms with Crippen LogP contribution in [0.15, 0.2) is 23.1 Å². The maximum Gasteiger partial charge on any atom is 0.416 e. The average molecular weight is 261 g/mol. The zero-order valence-corrected chi connectivity index (χ0v) is 10.3. The number of rotatable bonds is 1. The van der Waals surface area contributed by atoms with Crippen LogP contribution in [0.25, 0.3) is 0 Å². The number of fused-ring (bicyclic) bond motifs is 1. The van der Waals surface area contributed by atoms with Gasteiger partial charge in [-0.05, 0) is 42.0 Å². The summed E-state index contributed by atoms with van der Waals surface area (Å²) in [6.45, 7) is 2.95. The van der Waals surface area contributed by atoms with E-state index in [0.29, 0.717) is 10.8 Å². The van der Waals surface area contributed by atoms with Crippen LogP contribution in [-0.2, 0) is 12.6 Å². The topological polar surface area (TPSA) is 12.0 Å². The molecule has 0 fully saturated rings. The molecule has 1 N–H and O–H groups in total. The molecule has 1 aliphatic heterocycles. The fraction of sp³-hybridized carbons (Fsp3) is 0.500. The summed E-state index contributed by atoms with van der Waals surface area (Å²) in [5.41, 5.74) is 0.445. The van der Waals surface area contributed by atoms with Crippen LogP contribution in [0.4, 0.5) is 13.2 Å². The fourth-order valence-corrected chi connectivity index (χ4v) is 2.85. The number of alkyl halides is 3. The highest BCUT2D eigenvalue weighted by molar-refractivity contribution is 7.97. The number of benzene rings is 1. The predicted octanol–water partition coefficient (Wildman–Crippen LogP) is 3.88. The van der Waals surface area contributed by atoms with Crippen LogP contribution in [0, 0.1) is 5.92 Å². The summed E-state index contributed by atoms with van der Waals surface area (Å²) in [4.78, 5) is 0.704. The molecule has 1 atom stereocenters. The van der Waals surface area contributed by atoms with Crippen molar-refractivity contribution in [3.63, 3.8) is 0 Å². The third-order valence-electron chi connectivity index (χ3n) is 3.03. The molecule has 0 aromatic heterocycles. The molecule has 17 heavy (non-hydrogen) atoms. The van der Waals surface area contributed by atoms with Crippen molar-refractivity contribution in [2.45, 2.75) is 30.8 Å². The van der Waals surface area contributed by atoms with Gasteiger partial charge in [0.25, 0.3) is 0 Å². The maximum absolute atomic E-state index is 12.6. The number of hydrogen-bond donors (Lipinski definition) is 1. The molecule has 0 bridgehead atoms. The predicted molar refractivity (Wildman–Crippen MR) is 62.8 cm³/mol. The Kier molecular flexibility index (Phi) is 3.68. The standard InChI is InChI=1S/C12H14F3NS/c1-2-8-5-9-3-4-10(12(13,14)15)6-11(9)17-16-7-8/h3-4,6,8,16H,2,5,7H2,1H3/t8-/m0/s1. The van der Waals surface area contributed by atoms with Gasteiger partial charge >= 0.3 is 6.18 Å². The van der Waals surface area contributed by atoms with E-state index < -0.39 is 11.7 Å². The fourth-order valence-electron chi connectivity index (χ4n) is 1.90. The lowest BCUT2D eigenvalue weighted by Crippen LogP contribution is -2.15. The van der Waals surface area contributed by atoms with Gasteiger partial charge in [-0.2, -0.15) is 13.2 Å². The van der Waals surface area contributed by atoms with E-state index in [1.54, 1.807) is 6.07 Å². The first-order valence-electron chi connectivity index (χ1n) is 5.60. The summed E-state index contributed by atoms with van der Waals surface area (Å²) in [5, 5.41) is 0. The van der Waals surface area contributed by atoms with E-state index in [-0.39, 0.29) is 0 Å². The third kappa shape index (κ3) is 2.96. The molecule has 1 aromatic rings. The summed E-state index contributed by atoms with van der Waals surface area (Å²) in [6, 6.07) is 4.03. The summed E-state index contributed by atoms with van der Waals surface area (Å²) in [6.07, 6.45) is -2.37. The van der Waals surface area contributed by atoms with Crippen molar-refractivity contribution < 1.29 is 13.2 Å². The highest BCUT2D eigenvalue weighted by Crippen LogP contribution is 2.35. The largest absolute Gasteiger partial charge is 0.416 e. The van der Waals surface area contributed by atoms with Gasteiger partial charge in [0.2, 0.25) is 0 Å². The Bertz CT molecular complexity index is 403. The molecule has 0 unspecified atom stereocenters. The van der Waals surface area contributed by atoms with E-state index in [9.17, 15) is 13.2 Å². The van der Waals surface area contributed by atoms with Gasteiger partial charge in [-0.15, -0.1) is 0 Å². The molecule has 5 heteroatoms. The van der Waals surface area contributed by atoms with Crippen LogP contribution in [0.3, 0.4) is 0 Å². The Labute approximate surface area is 103 Å². The molecule has 0 spiro atoms. The molecule has 0 amide bonds. The Balaban J connectivity index is 2.31. The number of halogens is 3. The zero-order valence-electron chi connectivity index (χ0n) is 9.47. The van der Waals surface area contributed by atoms with Gasteiger partial charge in [-0.25, -0.2) is 0 Å². The van der Waals surface area contributed by atoms with Crippen molar-refractivity contribution in [1.29, 1.82) is 0 Å². The van der Waals surface area contributed by atoms with Gasteiger partial charge in [-0.3, -0.25) is 4.72 Å². The molecule has 94 valence electrons. The smallest absolute Gasteiger partial charge is 0.260 e. The highest BCUT2D eigenvalue weighted by atomic mass is 32.2. The Hall–Kier alpha value is -0.680.